The summed E-state index contributed by atoms with van der Waals surface area (Å²) in [6, 6.07) is 3.99. The maximum absolute atomic E-state index is 13.1. The molecule has 4 rings (SSSR count). The Hall–Kier alpha value is -2.68. The Morgan fingerprint density at radius 1 is 1.25 bits per heavy atom. The molecule has 28 heavy (non-hydrogen) atoms. The normalized spacial score (nSPS) is 13.8. The average Bonchev–Trinajstić information content (AvgIpc) is 3.04. The van der Waals surface area contributed by atoms with Crippen LogP contribution in [0, 0.1) is 6.92 Å². The van der Waals surface area contributed by atoms with E-state index in [0.29, 0.717) is 17.7 Å². The van der Waals surface area contributed by atoms with Gasteiger partial charge >= 0.3 is 5.69 Å². The number of imidazole rings is 1. The van der Waals surface area contributed by atoms with E-state index < -0.39 is 11.2 Å². The first kappa shape index (κ1) is 18.7. The lowest BCUT2D eigenvalue weighted by Crippen LogP contribution is -2.46. The van der Waals surface area contributed by atoms with Crippen LogP contribution < -0.4 is 16.1 Å². The monoisotopic (exact) mass is 445 g/mol. The van der Waals surface area contributed by atoms with Crippen LogP contribution in [-0.2, 0) is 31.9 Å². The average molecular weight is 446 g/mol. The van der Waals surface area contributed by atoms with Gasteiger partial charge in [-0.05, 0) is 43.0 Å². The van der Waals surface area contributed by atoms with E-state index in [-0.39, 0.29) is 12.5 Å². The Labute approximate surface area is 169 Å². The summed E-state index contributed by atoms with van der Waals surface area (Å²) < 4.78 is 4.84. The fraction of sp³-hybridized carbons (Fsp3) is 0.368. The van der Waals surface area contributed by atoms with Crippen LogP contribution in [0.2, 0.25) is 0 Å². The summed E-state index contributed by atoms with van der Waals surface area (Å²) >= 11 is 3.50. The standard InChI is InChI=1S/C19H20BrN5O3/c1-11-7-13(20)8-12-5-4-6-24(15(11)12)14(26)9-25-18(27)16-17(21-10-22(16)2)23(3)19(25)28/h7-8,10H,4-6,9H2,1-3H3. The predicted octanol–water partition coefficient (Wildman–Crippen LogP) is 1.48. The molecule has 0 bridgehead atoms. The minimum Gasteiger partial charge on any atom is -0.328 e. The van der Waals surface area contributed by atoms with Gasteiger partial charge in [-0.15, -0.1) is 0 Å². The third kappa shape index (κ3) is 2.81. The number of benzene rings is 1. The third-order valence-electron chi connectivity index (χ3n) is 5.24. The van der Waals surface area contributed by atoms with E-state index in [1.54, 1.807) is 23.6 Å². The molecule has 1 aliphatic heterocycles. The van der Waals surface area contributed by atoms with Gasteiger partial charge in [0, 0.05) is 30.8 Å². The Morgan fingerprint density at radius 3 is 2.75 bits per heavy atom. The molecule has 0 saturated heterocycles. The lowest BCUT2D eigenvalue weighted by Gasteiger charge is -2.31. The van der Waals surface area contributed by atoms with Crippen molar-refractivity contribution < 1.29 is 4.79 Å². The largest absolute Gasteiger partial charge is 0.332 e. The van der Waals surface area contributed by atoms with Crippen LogP contribution in [-0.4, -0.2) is 31.1 Å². The lowest BCUT2D eigenvalue weighted by molar-refractivity contribution is -0.119. The second-order valence-corrected chi connectivity index (χ2v) is 8.06. The predicted molar refractivity (Wildman–Crippen MR) is 110 cm³/mol. The second kappa shape index (κ2) is 6.73. The van der Waals surface area contributed by atoms with Crippen molar-refractivity contribution in [2.45, 2.75) is 26.3 Å². The number of anilines is 1. The van der Waals surface area contributed by atoms with Crippen LogP contribution in [0.5, 0.6) is 0 Å². The minimum atomic E-state index is -0.547. The van der Waals surface area contributed by atoms with Gasteiger partial charge in [0.2, 0.25) is 5.91 Å². The second-order valence-electron chi connectivity index (χ2n) is 7.14. The highest BCUT2D eigenvalue weighted by molar-refractivity contribution is 9.10. The molecule has 2 aromatic heterocycles. The number of aromatic nitrogens is 4. The number of hydrogen-bond acceptors (Lipinski definition) is 4. The van der Waals surface area contributed by atoms with Gasteiger partial charge < -0.3 is 9.47 Å². The highest BCUT2D eigenvalue weighted by Crippen LogP contribution is 2.33. The number of halogens is 1. The zero-order valence-corrected chi connectivity index (χ0v) is 17.5. The van der Waals surface area contributed by atoms with Crippen LogP contribution in [0.4, 0.5) is 5.69 Å². The van der Waals surface area contributed by atoms with E-state index in [2.05, 4.69) is 20.9 Å². The maximum Gasteiger partial charge on any atom is 0.332 e. The van der Waals surface area contributed by atoms with Crippen LogP contribution in [0.3, 0.4) is 0 Å². The van der Waals surface area contributed by atoms with Crippen LogP contribution >= 0.6 is 15.9 Å². The van der Waals surface area contributed by atoms with Gasteiger partial charge in [0.25, 0.3) is 5.56 Å². The van der Waals surface area contributed by atoms with Gasteiger partial charge in [-0.3, -0.25) is 14.2 Å². The molecule has 1 aliphatic rings. The van der Waals surface area contributed by atoms with Crippen molar-refractivity contribution in [3.05, 3.63) is 54.9 Å². The Bertz CT molecular complexity index is 1240. The number of carbonyl (C=O) groups is 1. The summed E-state index contributed by atoms with van der Waals surface area (Å²) in [6.45, 7) is 2.22. The number of rotatable bonds is 2. The first-order chi connectivity index (χ1) is 13.3. The van der Waals surface area contributed by atoms with Crippen molar-refractivity contribution in [3.8, 4) is 0 Å². The Kier molecular flexibility index (Phi) is 4.49. The first-order valence-corrected chi connectivity index (χ1v) is 9.79. The zero-order valence-electron chi connectivity index (χ0n) is 15.9. The molecule has 3 aromatic rings. The van der Waals surface area contributed by atoms with Gasteiger partial charge in [-0.25, -0.2) is 14.3 Å². The van der Waals surface area contributed by atoms with Crippen molar-refractivity contribution in [1.82, 2.24) is 18.7 Å². The Morgan fingerprint density at radius 2 is 2.00 bits per heavy atom. The summed E-state index contributed by atoms with van der Waals surface area (Å²) in [5, 5.41) is 0. The number of fused-ring (bicyclic) bond motifs is 2. The molecule has 0 N–H and O–H groups in total. The maximum atomic E-state index is 13.1. The summed E-state index contributed by atoms with van der Waals surface area (Å²) in [5.41, 5.74) is 2.52. The zero-order chi connectivity index (χ0) is 20.2. The van der Waals surface area contributed by atoms with E-state index >= 15 is 0 Å². The highest BCUT2D eigenvalue weighted by atomic mass is 79.9. The molecule has 3 heterocycles. The Balaban J connectivity index is 1.78. The SMILES string of the molecule is Cc1cc(Br)cc2c1N(C(=O)Cn1c(=O)c3c(ncn3C)n(C)c1=O)CCC2. The number of hydrogen-bond donors (Lipinski definition) is 0. The molecule has 0 saturated carbocycles. The topological polar surface area (TPSA) is 82.1 Å². The molecule has 9 heteroatoms. The van der Waals surface area contributed by atoms with Gasteiger partial charge in [0.15, 0.2) is 11.2 Å². The van der Waals surface area contributed by atoms with Crippen LogP contribution in [0.25, 0.3) is 11.2 Å². The summed E-state index contributed by atoms with van der Waals surface area (Å²) in [5.74, 6) is -0.271. The molecule has 146 valence electrons. The van der Waals surface area contributed by atoms with Crippen molar-refractivity contribution in [3.63, 3.8) is 0 Å². The fourth-order valence-electron chi connectivity index (χ4n) is 3.93. The molecule has 0 fully saturated rings. The molecule has 0 aliphatic carbocycles. The smallest absolute Gasteiger partial charge is 0.328 e. The van der Waals surface area contributed by atoms with Crippen LogP contribution in [0.15, 0.2) is 32.5 Å². The summed E-state index contributed by atoms with van der Waals surface area (Å²) in [7, 11) is 3.24. The number of carbonyl (C=O) groups excluding carboxylic acids is 1. The summed E-state index contributed by atoms with van der Waals surface area (Å²) in [6.07, 6.45) is 3.21. The highest BCUT2D eigenvalue weighted by Gasteiger charge is 2.26. The van der Waals surface area contributed by atoms with E-state index in [1.807, 2.05) is 19.1 Å². The first-order valence-electron chi connectivity index (χ1n) is 9.00. The number of amides is 1. The number of nitrogens with zero attached hydrogens (tertiary/aromatic N) is 5. The van der Waals surface area contributed by atoms with Crippen molar-refractivity contribution in [2.75, 3.05) is 11.4 Å². The third-order valence-corrected chi connectivity index (χ3v) is 5.70. The molecule has 0 spiro atoms. The molecule has 0 atom stereocenters. The van der Waals surface area contributed by atoms with E-state index in [9.17, 15) is 14.4 Å². The molecular weight excluding hydrogens is 426 g/mol. The van der Waals surface area contributed by atoms with Crippen molar-refractivity contribution >= 4 is 38.7 Å². The van der Waals surface area contributed by atoms with E-state index in [4.69, 9.17) is 0 Å². The molecule has 0 unspecified atom stereocenters. The number of aryl methyl sites for hydroxylation is 4. The molecule has 8 nitrogen and oxygen atoms in total. The van der Waals surface area contributed by atoms with E-state index in [1.165, 1.54) is 10.9 Å². The lowest BCUT2D eigenvalue weighted by atomic mass is 9.98. The van der Waals surface area contributed by atoms with Crippen molar-refractivity contribution in [1.29, 1.82) is 0 Å². The van der Waals surface area contributed by atoms with Gasteiger partial charge in [-0.2, -0.15) is 0 Å². The van der Waals surface area contributed by atoms with Gasteiger partial charge in [-0.1, -0.05) is 15.9 Å². The fourth-order valence-corrected chi connectivity index (χ4v) is 4.55. The molecular formula is C19H20BrN5O3. The summed E-state index contributed by atoms with van der Waals surface area (Å²) in [4.78, 5) is 44.5. The van der Waals surface area contributed by atoms with Crippen molar-refractivity contribution in [2.24, 2.45) is 14.1 Å². The molecule has 1 amide bonds. The molecule has 0 radical (unpaired) electrons. The van der Waals surface area contributed by atoms with Gasteiger partial charge in [0.05, 0.1) is 6.33 Å². The minimum absolute atomic E-state index is 0.271. The van der Waals surface area contributed by atoms with Gasteiger partial charge in [0.1, 0.15) is 6.54 Å². The van der Waals surface area contributed by atoms with E-state index in [0.717, 1.165) is 38.7 Å². The quantitative estimate of drug-likeness (QED) is 0.598. The van der Waals surface area contributed by atoms with Crippen LogP contribution in [0.1, 0.15) is 17.5 Å². The molecule has 1 aromatic carbocycles.